The van der Waals surface area contributed by atoms with Crippen LogP contribution in [0.25, 0.3) is 0 Å². The first kappa shape index (κ1) is 13.2. The molecule has 0 fully saturated rings. The summed E-state index contributed by atoms with van der Waals surface area (Å²) in [6.07, 6.45) is 2.60. The Morgan fingerprint density at radius 1 is 1.39 bits per heavy atom. The van der Waals surface area contributed by atoms with Crippen molar-refractivity contribution in [3.63, 3.8) is 0 Å². The molecule has 1 heterocycles. The van der Waals surface area contributed by atoms with Crippen LogP contribution < -0.4 is 11.3 Å². The molecular formula is C13H17N3OS. The first-order valence-corrected chi connectivity index (χ1v) is 6.64. The Balaban J connectivity index is 2.14. The van der Waals surface area contributed by atoms with Crippen molar-refractivity contribution in [3.8, 4) is 0 Å². The maximum atomic E-state index is 5.66. The predicted octanol–water partition coefficient (Wildman–Crippen LogP) is 1.91. The Morgan fingerprint density at radius 2 is 2.17 bits per heavy atom. The number of hydrazine groups is 1. The first-order chi connectivity index (χ1) is 8.85. The normalized spacial score (nSPS) is 14.3. The van der Waals surface area contributed by atoms with E-state index in [9.17, 15) is 0 Å². The molecule has 1 aromatic heterocycles. The number of methoxy groups -OCH3 is 1. The summed E-state index contributed by atoms with van der Waals surface area (Å²) in [5, 5.41) is 0. The minimum atomic E-state index is -0.0710. The Kier molecular flexibility index (Phi) is 4.83. The highest BCUT2D eigenvalue weighted by Crippen LogP contribution is 2.23. The highest BCUT2D eigenvalue weighted by Gasteiger charge is 2.22. The Bertz CT molecular complexity index is 447. The maximum absolute atomic E-state index is 5.66. The molecule has 2 unspecified atom stereocenters. The molecule has 0 spiro atoms. The van der Waals surface area contributed by atoms with Crippen molar-refractivity contribution in [2.75, 3.05) is 7.11 Å². The lowest BCUT2D eigenvalue weighted by molar-refractivity contribution is 0.0681. The topological polar surface area (TPSA) is 60.2 Å². The van der Waals surface area contributed by atoms with Crippen molar-refractivity contribution >= 4 is 11.3 Å². The lowest BCUT2D eigenvalue weighted by Crippen LogP contribution is -2.42. The van der Waals surface area contributed by atoms with Gasteiger partial charge in [0.25, 0.3) is 0 Å². The largest absolute Gasteiger partial charge is 0.375 e. The molecule has 2 rings (SSSR count). The van der Waals surface area contributed by atoms with Crippen LogP contribution in [0.4, 0.5) is 0 Å². The summed E-state index contributed by atoms with van der Waals surface area (Å²) >= 11 is 1.63. The van der Waals surface area contributed by atoms with E-state index in [1.807, 2.05) is 42.0 Å². The van der Waals surface area contributed by atoms with E-state index in [0.717, 1.165) is 12.0 Å². The fourth-order valence-corrected chi connectivity index (χ4v) is 2.64. The fraction of sp³-hybridized carbons (Fsp3) is 0.308. The van der Waals surface area contributed by atoms with E-state index in [2.05, 4.69) is 10.4 Å². The van der Waals surface area contributed by atoms with E-state index in [1.165, 1.54) is 4.88 Å². The van der Waals surface area contributed by atoms with E-state index >= 15 is 0 Å². The van der Waals surface area contributed by atoms with Gasteiger partial charge in [-0.2, -0.15) is 0 Å². The molecule has 0 aliphatic rings. The van der Waals surface area contributed by atoms with Crippen LogP contribution in [0.1, 0.15) is 16.5 Å². The Hall–Kier alpha value is -1.27. The van der Waals surface area contributed by atoms with E-state index in [4.69, 9.17) is 10.6 Å². The third-order valence-corrected chi connectivity index (χ3v) is 3.67. The Labute approximate surface area is 111 Å². The van der Waals surface area contributed by atoms with Gasteiger partial charge in [-0.25, -0.2) is 0 Å². The molecule has 0 saturated heterocycles. The van der Waals surface area contributed by atoms with Gasteiger partial charge in [0.15, 0.2) is 0 Å². The highest BCUT2D eigenvalue weighted by molar-refractivity contribution is 7.09. The molecule has 0 aliphatic carbocycles. The monoisotopic (exact) mass is 263 g/mol. The molecule has 4 nitrogen and oxygen atoms in total. The van der Waals surface area contributed by atoms with Crippen molar-refractivity contribution in [2.45, 2.75) is 18.6 Å². The van der Waals surface area contributed by atoms with Crippen molar-refractivity contribution < 1.29 is 4.74 Å². The molecule has 5 heteroatoms. The molecule has 0 amide bonds. The smallest absolute Gasteiger partial charge is 0.0991 e. The quantitative estimate of drug-likeness (QED) is 0.617. The Morgan fingerprint density at radius 3 is 2.72 bits per heavy atom. The van der Waals surface area contributed by atoms with Gasteiger partial charge in [-0.15, -0.1) is 11.3 Å². The van der Waals surface area contributed by atoms with Gasteiger partial charge in [-0.1, -0.05) is 30.3 Å². The van der Waals surface area contributed by atoms with Crippen LogP contribution in [-0.4, -0.2) is 18.1 Å². The zero-order valence-electron chi connectivity index (χ0n) is 10.2. The van der Waals surface area contributed by atoms with Crippen molar-refractivity contribution in [2.24, 2.45) is 5.84 Å². The van der Waals surface area contributed by atoms with E-state index in [1.54, 1.807) is 18.4 Å². The van der Waals surface area contributed by atoms with Gasteiger partial charge in [-0.3, -0.25) is 16.3 Å². The van der Waals surface area contributed by atoms with Gasteiger partial charge in [-0.05, 0) is 5.56 Å². The zero-order chi connectivity index (χ0) is 12.8. The summed E-state index contributed by atoms with van der Waals surface area (Å²) in [5.41, 5.74) is 5.79. The summed E-state index contributed by atoms with van der Waals surface area (Å²) in [5.74, 6) is 5.66. The summed E-state index contributed by atoms with van der Waals surface area (Å²) < 4.78 is 5.58. The number of nitrogens with one attached hydrogen (secondary N) is 1. The second kappa shape index (κ2) is 6.61. The molecule has 0 saturated carbocycles. The highest BCUT2D eigenvalue weighted by atomic mass is 32.1. The summed E-state index contributed by atoms with van der Waals surface area (Å²) in [4.78, 5) is 5.27. The van der Waals surface area contributed by atoms with E-state index in [-0.39, 0.29) is 12.1 Å². The first-order valence-electron chi connectivity index (χ1n) is 5.76. The molecule has 3 N–H and O–H groups in total. The third-order valence-electron chi connectivity index (χ3n) is 2.87. The SMILES string of the molecule is COC(c1ccccc1)C(Cc1cncs1)NN. The second-order valence-electron chi connectivity index (χ2n) is 4.01. The van der Waals surface area contributed by atoms with Gasteiger partial charge in [0.2, 0.25) is 0 Å². The van der Waals surface area contributed by atoms with Crippen molar-refractivity contribution in [3.05, 3.63) is 52.5 Å². The zero-order valence-corrected chi connectivity index (χ0v) is 11.1. The second-order valence-corrected chi connectivity index (χ2v) is 4.98. The van der Waals surface area contributed by atoms with E-state index < -0.39 is 0 Å². The number of thiazole rings is 1. The minimum Gasteiger partial charge on any atom is -0.375 e. The van der Waals surface area contributed by atoms with Crippen LogP contribution in [0, 0.1) is 0 Å². The van der Waals surface area contributed by atoms with Crippen LogP contribution >= 0.6 is 11.3 Å². The molecule has 18 heavy (non-hydrogen) atoms. The van der Waals surface area contributed by atoms with Crippen LogP contribution in [0.5, 0.6) is 0 Å². The molecule has 96 valence electrons. The minimum absolute atomic E-state index is 0.0258. The van der Waals surface area contributed by atoms with Gasteiger partial charge >= 0.3 is 0 Å². The molecular weight excluding hydrogens is 246 g/mol. The summed E-state index contributed by atoms with van der Waals surface area (Å²) in [6.45, 7) is 0. The molecule has 2 aromatic rings. The number of benzene rings is 1. The number of nitrogens with two attached hydrogens (primary N) is 1. The average molecular weight is 263 g/mol. The van der Waals surface area contributed by atoms with Gasteiger partial charge < -0.3 is 4.74 Å². The lowest BCUT2D eigenvalue weighted by atomic mass is 9.99. The average Bonchev–Trinajstić information content (AvgIpc) is 2.92. The van der Waals surface area contributed by atoms with Gasteiger partial charge in [0.1, 0.15) is 0 Å². The molecule has 0 radical (unpaired) electrons. The standard InChI is InChI=1S/C13H17N3OS/c1-17-13(10-5-3-2-4-6-10)12(16-14)7-11-8-15-9-18-11/h2-6,8-9,12-13,16H,7,14H2,1H3. The molecule has 2 atom stereocenters. The maximum Gasteiger partial charge on any atom is 0.0991 e. The van der Waals surface area contributed by atoms with Gasteiger partial charge in [0.05, 0.1) is 17.7 Å². The van der Waals surface area contributed by atoms with Crippen molar-refractivity contribution in [1.29, 1.82) is 0 Å². The fourth-order valence-electron chi connectivity index (χ4n) is 1.99. The van der Waals surface area contributed by atoms with E-state index in [0.29, 0.717) is 0 Å². The van der Waals surface area contributed by atoms with Crippen LogP contribution in [0.3, 0.4) is 0 Å². The molecule has 1 aromatic carbocycles. The lowest BCUT2D eigenvalue weighted by Gasteiger charge is -2.25. The number of ether oxygens (including phenoxy) is 1. The number of hydrogen-bond acceptors (Lipinski definition) is 5. The number of rotatable bonds is 6. The summed E-state index contributed by atoms with van der Waals surface area (Å²) in [7, 11) is 1.70. The third kappa shape index (κ3) is 3.14. The number of nitrogens with zero attached hydrogens (tertiary/aromatic N) is 1. The van der Waals surface area contributed by atoms with Crippen molar-refractivity contribution in [1.82, 2.24) is 10.4 Å². The number of aromatic nitrogens is 1. The predicted molar refractivity (Wildman–Crippen MR) is 73.1 cm³/mol. The van der Waals surface area contributed by atoms with Crippen LogP contribution in [0.15, 0.2) is 42.0 Å². The molecule has 0 aliphatic heterocycles. The molecule has 0 bridgehead atoms. The van der Waals surface area contributed by atoms with Gasteiger partial charge in [0, 0.05) is 24.6 Å². The van der Waals surface area contributed by atoms with Crippen LogP contribution in [0.2, 0.25) is 0 Å². The summed E-state index contributed by atoms with van der Waals surface area (Å²) in [6, 6.07) is 10.1. The number of hydrogen-bond donors (Lipinski definition) is 2. The van der Waals surface area contributed by atoms with Crippen LogP contribution in [-0.2, 0) is 11.2 Å².